The highest BCUT2D eigenvalue weighted by Gasteiger charge is 2.25. The Balaban J connectivity index is 1.54. The van der Waals surface area contributed by atoms with E-state index in [1.807, 2.05) is 36.1 Å². The summed E-state index contributed by atoms with van der Waals surface area (Å²) >= 11 is 0. The van der Waals surface area contributed by atoms with Crippen molar-refractivity contribution in [3.05, 3.63) is 63.2 Å². The van der Waals surface area contributed by atoms with Gasteiger partial charge in [-0.3, -0.25) is 18.9 Å². The maximum atomic E-state index is 12.2. The first kappa shape index (κ1) is 18.9. The number of pyridine rings is 1. The molecule has 9 nitrogen and oxygen atoms in total. The summed E-state index contributed by atoms with van der Waals surface area (Å²) in [7, 11) is 3.17. The average Bonchev–Trinajstić information content (AvgIpc) is 3.17. The summed E-state index contributed by atoms with van der Waals surface area (Å²) in [5.74, 6) is 2.04. The number of hydrogen-bond donors (Lipinski definition) is 1. The van der Waals surface area contributed by atoms with Crippen LogP contribution >= 0.6 is 0 Å². The van der Waals surface area contributed by atoms with Crippen molar-refractivity contribution in [1.82, 2.24) is 24.1 Å². The van der Waals surface area contributed by atoms with Crippen LogP contribution < -0.4 is 21.5 Å². The molecule has 4 heterocycles. The normalized spacial score (nSPS) is 16.2. The van der Waals surface area contributed by atoms with Gasteiger partial charge >= 0.3 is 5.69 Å². The summed E-state index contributed by atoms with van der Waals surface area (Å²) in [6.07, 6.45) is 2.61. The molecule has 9 heteroatoms. The molecule has 1 atom stereocenters. The second kappa shape index (κ2) is 7.50. The minimum Gasteiger partial charge on any atom is -0.365 e. The van der Waals surface area contributed by atoms with Crippen LogP contribution in [0.25, 0.3) is 11.4 Å². The second-order valence-electron chi connectivity index (χ2n) is 7.22. The van der Waals surface area contributed by atoms with Gasteiger partial charge in [0.05, 0.1) is 11.4 Å². The molecule has 1 fully saturated rings. The Morgan fingerprint density at radius 1 is 1.07 bits per heavy atom. The van der Waals surface area contributed by atoms with Gasteiger partial charge in [0.2, 0.25) is 0 Å². The van der Waals surface area contributed by atoms with E-state index in [0.29, 0.717) is 18.2 Å². The van der Waals surface area contributed by atoms with E-state index < -0.39 is 0 Å². The smallest absolute Gasteiger partial charge is 0.332 e. The fourth-order valence-corrected chi connectivity index (χ4v) is 3.61. The second-order valence-corrected chi connectivity index (χ2v) is 7.22. The van der Waals surface area contributed by atoms with Crippen molar-refractivity contribution in [2.45, 2.75) is 19.4 Å². The Morgan fingerprint density at radius 3 is 2.66 bits per heavy atom. The van der Waals surface area contributed by atoms with Crippen LogP contribution in [-0.2, 0) is 14.1 Å². The van der Waals surface area contributed by atoms with Gasteiger partial charge < -0.3 is 10.2 Å². The van der Waals surface area contributed by atoms with Gasteiger partial charge in [0.25, 0.3) is 5.56 Å². The van der Waals surface area contributed by atoms with Crippen LogP contribution in [0.4, 0.5) is 11.6 Å². The summed E-state index contributed by atoms with van der Waals surface area (Å²) in [6, 6.07) is 9.26. The summed E-state index contributed by atoms with van der Waals surface area (Å²) in [5.41, 5.74) is 0.940. The van der Waals surface area contributed by atoms with Crippen molar-refractivity contribution in [2.24, 2.45) is 14.1 Å². The Bertz CT molecular complexity index is 1150. The van der Waals surface area contributed by atoms with Crippen LogP contribution in [0.3, 0.4) is 0 Å². The number of rotatable bonds is 4. The van der Waals surface area contributed by atoms with Gasteiger partial charge in [-0.25, -0.2) is 14.8 Å². The van der Waals surface area contributed by atoms with E-state index in [2.05, 4.69) is 20.3 Å². The third-order valence-electron chi connectivity index (χ3n) is 5.13. The molecule has 0 spiro atoms. The fraction of sp³-hybridized carbons (Fsp3) is 0.350. The Labute approximate surface area is 167 Å². The first-order valence-electron chi connectivity index (χ1n) is 9.48. The molecular formula is C20H23N7O2. The maximum absolute atomic E-state index is 12.2. The average molecular weight is 393 g/mol. The minimum atomic E-state index is -0.324. The number of anilines is 2. The SMILES string of the molecule is Cc1nc(N[C@@H]2CCN(c3cc(=O)n(C)c(=O)n3C)C2)cc(-c2ccccn2)n1. The van der Waals surface area contributed by atoms with Crippen LogP contribution in [0.5, 0.6) is 0 Å². The van der Waals surface area contributed by atoms with E-state index in [9.17, 15) is 9.59 Å². The molecule has 4 rings (SSSR count). The molecule has 1 aliphatic heterocycles. The molecule has 0 aliphatic carbocycles. The highest BCUT2D eigenvalue weighted by Crippen LogP contribution is 2.22. The van der Waals surface area contributed by atoms with Gasteiger partial charge in [0.1, 0.15) is 17.5 Å². The number of nitrogens with one attached hydrogen (secondary N) is 1. The number of aryl methyl sites for hydroxylation is 1. The third-order valence-corrected chi connectivity index (χ3v) is 5.13. The van der Waals surface area contributed by atoms with Crippen molar-refractivity contribution in [3.63, 3.8) is 0 Å². The van der Waals surface area contributed by atoms with Gasteiger partial charge in [-0.05, 0) is 25.5 Å². The molecule has 150 valence electrons. The lowest BCUT2D eigenvalue weighted by Crippen LogP contribution is -2.40. The standard InChI is InChI=1S/C20H23N7O2/c1-13-22-16(15-6-4-5-8-21-15)10-17(23-13)24-14-7-9-27(12-14)18-11-19(28)26(3)20(29)25(18)2/h4-6,8,10-11,14H,7,9,12H2,1-3H3,(H,22,23,24)/t14-/m1/s1. The summed E-state index contributed by atoms with van der Waals surface area (Å²) in [4.78, 5) is 39.6. The van der Waals surface area contributed by atoms with E-state index in [0.717, 1.165) is 34.7 Å². The number of hydrogen-bond acceptors (Lipinski definition) is 7. The largest absolute Gasteiger partial charge is 0.365 e. The van der Waals surface area contributed by atoms with E-state index in [1.54, 1.807) is 13.2 Å². The van der Waals surface area contributed by atoms with Crippen LogP contribution in [0, 0.1) is 6.92 Å². The fourth-order valence-electron chi connectivity index (χ4n) is 3.61. The van der Waals surface area contributed by atoms with Crippen LogP contribution in [0.1, 0.15) is 12.2 Å². The highest BCUT2D eigenvalue weighted by atomic mass is 16.2. The lowest BCUT2D eigenvalue weighted by atomic mass is 10.2. The maximum Gasteiger partial charge on any atom is 0.332 e. The lowest BCUT2D eigenvalue weighted by Gasteiger charge is -2.22. The van der Waals surface area contributed by atoms with Crippen LogP contribution in [0.2, 0.25) is 0 Å². The molecule has 1 N–H and O–H groups in total. The molecule has 0 aromatic carbocycles. The molecule has 0 amide bonds. The molecule has 3 aromatic heterocycles. The van der Waals surface area contributed by atoms with E-state index >= 15 is 0 Å². The molecule has 0 bridgehead atoms. The first-order valence-corrected chi connectivity index (χ1v) is 9.48. The molecule has 1 aliphatic rings. The summed E-state index contributed by atoms with van der Waals surface area (Å²) in [6.45, 7) is 3.27. The number of nitrogens with zero attached hydrogens (tertiary/aromatic N) is 6. The van der Waals surface area contributed by atoms with E-state index in [1.165, 1.54) is 17.7 Å². The molecule has 0 saturated carbocycles. The van der Waals surface area contributed by atoms with Crippen LogP contribution in [-0.4, -0.2) is 43.2 Å². The monoisotopic (exact) mass is 393 g/mol. The van der Waals surface area contributed by atoms with Gasteiger partial charge in [-0.15, -0.1) is 0 Å². The lowest BCUT2D eigenvalue weighted by molar-refractivity contribution is 0.672. The minimum absolute atomic E-state index is 0.139. The Hall–Kier alpha value is -3.49. The van der Waals surface area contributed by atoms with Gasteiger partial charge in [0.15, 0.2) is 0 Å². The quantitative estimate of drug-likeness (QED) is 0.704. The predicted molar refractivity (Wildman–Crippen MR) is 111 cm³/mol. The Kier molecular flexibility index (Phi) is 4.87. The number of aromatic nitrogens is 5. The van der Waals surface area contributed by atoms with Crippen molar-refractivity contribution in [3.8, 4) is 11.4 Å². The molecule has 29 heavy (non-hydrogen) atoms. The van der Waals surface area contributed by atoms with E-state index in [-0.39, 0.29) is 17.3 Å². The molecule has 0 unspecified atom stereocenters. The van der Waals surface area contributed by atoms with Crippen molar-refractivity contribution < 1.29 is 0 Å². The zero-order chi connectivity index (χ0) is 20.5. The molecule has 0 radical (unpaired) electrons. The van der Waals surface area contributed by atoms with Crippen LogP contribution in [0.15, 0.2) is 46.1 Å². The third kappa shape index (κ3) is 3.75. The van der Waals surface area contributed by atoms with Gasteiger partial charge in [-0.2, -0.15) is 0 Å². The van der Waals surface area contributed by atoms with E-state index in [4.69, 9.17) is 0 Å². The molecular weight excluding hydrogens is 370 g/mol. The van der Waals surface area contributed by atoms with Gasteiger partial charge in [-0.1, -0.05) is 6.07 Å². The summed E-state index contributed by atoms with van der Waals surface area (Å²) in [5, 5.41) is 3.46. The zero-order valence-corrected chi connectivity index (χ0v) is 16.7. The molecule has 3 aromatic rings. The van der Waals surface area contributed by atoms with Crippen molar-refractivity contribution >= 4 is 11.6 Å². The topological polar surface area (TPSA) is 97.9 Å². The summed E-state index contributed by atoms with van der Waals surface area (Å²) < 4.78 is 2.62. The Morgan fingerprint density at radius 2 is 1.90 bits per heavy atom. The predicted octanol–water partition coefficient (Wildman–Crippen LogP) is 0.935. The molecule has 1 saturated heterocycles. The van der Waals surface area contributed by atoms with Gasteiger partial charge in [0, 0.05) is 51.6 Å². The van der Waals surface area contributed by atoms with Crippen molar-refractivity contribution in [2.75, 3.05) is 23.3 Å². The zero-order valence-electron chi connectivity index (χ0n) is 16.7. The van der Waals surface area contributed by atoms with Crippen molar-refractivity contribution in [1.29, 1.82) is 0 Å². The first-order chi connectivity index (χ1) is 13.9. The highest BCUT2D eigenvalue weighted by molar-refractivity contribution is 5.58.